The molecule has 16 rings (SSSR count). The average Bonchev–Trinajstić information content (AvgIpc) is 4.09. The van der Waals surface area contributed by atoms with Crippen molar-refractivity contribution in [2.24, 2.45) is 0 Å². The second kappa shape index (κ2) is 14.9. The molecule has 3 heterocycles. The molecule has 0 unspecified atom stereocenters. The Morgan fingerprint density at radius 1 is 0.264 bits per heavy atom. The number of nitrogens with zero attached hydrogens (tertiary/aromatic N) is 4. The van der Waals surface area contributed by atoms with Crippen LogP contribution in [-0.4, -0.2) is 19.1 Å². The third-order valence-corrected chi connectivity index (χ3v) is 15.4. The van der Waals surface area contributed by atoms with Crippen molar-refractivity contribution in [2.75, 3.05) is 0 Å². The summed E-state index contributed by atoms with van der Waals surface area (Å²) in [4.78, 5) is 10.9. The molecule has 332 valence electrons. The van der Waals surface area contributed by atoms with Crippen molar-refractivity contribution in [3.05, 3.63) is 243 Å². The summed E-state index contributed by atoms with van der Waals surface area (Å²) in [5, 5.41) is 13.4. The van der Waals surface area contributed by atoms with Gasteiger partial charge in [-0.2, -0.15) is 0 Å². The third kappa shape index (κ3) is 5.57. The van der Waals surface area contributed by atoms with E-state index < -0.39 is 0 Å². The van der Waals surface area contributed by atoms with Crippen molar-refractivity contribution < 1.29 is 0 Å². The van der Waals surface area contributed by atoms with Crippen LogP contribution in [0.5, 0.6) is 0 Å². The molecule has 1 aliphatic carbocycles. The van der Waals surface area contributed by atoms with Gasteiger partial charge in [0.1, 0.15) is 0 Å². The highest BCUT2D eigenvalue weighted by molar-refractivity contribution is 6.30. The van der Waals surface area contributed by atoms with E-state index in [4.69, 9.17) is 9.97 Å². The molecule has 4 heteroatoms. The molecule has 0 amide bonds. The predicted molar refractivity (Wildman–Crippen MR) is 301 cm³/mol. The first-order chi connectivity index (χ1) is 35.7. The van der Waals surface area contributed by atoms with Crippen molar-refractivity contribution in [3.8, 4) is 67.4 Å². The first kappa shape index (κ1) is 39.2. The molecule has 72 heavy (non-hydrogen) atoms. The molecule has 1 aliphatic rings. The zero-order chi connectivity index (χ0) is 47.0. The number of para-hydroxylation sites is 2. The fourth-order valence-corrected chi connectivity index (χ4v) is 12.3. The van der Waals surface area contributed by atoms with Crippen LogP contribution in [0.15, 0.2) is 243 Å². The van der Waals surface area contributed by atoms with Gasteiger partial charge in [0, 0.05) is 38.2 Å². The minimum atomic E-state index is 0.644. The Labute approximate surface area is 413 Å². The standard InChI is InChI=1S/C68H40N4/c1-2-17-47(18-3-1)71-60-35-33-45(38-57(60)66-55-26-13-25-53-51-21-8-9-22-52(51)56(64(53)55)40-63(66)71)46-34-36-61-58(39-46)65-50-20-7-5-15-42(50)32-37-62(65)72(61)68-69-59-27-11-10-23-54(59)67(70-68)44-30-28-43(29-31-44)49-24-12-16-41-14-4-6-19-48(41)49/h1-40H. The van der Waals surface area contributed by atoms with E-state index in [2.05, 4.69) is 252 Å². The molecule has 3 aromatic heterocycles. The van der Waals surface area contributed by atoms with Crippen LogP contribution in [0.1, 0.15) is 0 Å². The van der Waals surface area contributed by atoms with Gasteiger partial charge in [0.15, 0.2) is 0 Å². The SMILES string of the molecule is c1ccc(-n2c3ccc(-c4ccc5c(c4)c4c6ccccc6ccc4n5-c4nc(-c5ccc(-c6cccc7ccccc67)cc5)c5ccccc5n4)cc3c3c4cccc5c4c(cc32)-c2ccccc2-5)cc1. The van der Waals surface area contributed by atoms with Crippen molar-refractivity contribution in [2.45, 2.75) is 0 Å². The van der Waals surface area contributed by atoms with Gasteiger partial charge in [0.05, 0.1) is 33.3 Å². The molecule has 4 nitrogen and oxygen atoms in total. The lowest BCUT2D eigenvalue weighted by molar-refractivity contribution is 1.01. The lowest BCUT2D eigenvalue weighted by atomic mass is 9.96. The van der Waals surface area contributed by atoms with Gasteiger partial charge < -0.3 is 4.57 Å². The monoisotopic (exact) mass is 912 g/mol. The molecule has 0 atom stereocenters. The fourth-order valence-electron chi connectivity index (χ4n) is 12.3. The van der Waals surface area contributed by atoms with Gasteiger partial charge in [0.25, 0.3) is 0 Å². The number of aromatic nitrogens is 4. The topological polar surface area (TPSA) is 35.6 Å². The molecule has 0 radical (unpaired) electrons. The largest absolute Gasteiger partial charge is 0.309 e. The van der Waals surface area contributed by atoms with Crippen LogP contribution in [0.2, 0.25) is 0 Å². The summed E-state index contributed by atoms with van der Waals surface area (Å²) in [6, 6.07) is 88.6. The zero-order valence-electron chi connectivity index (χ0n) is 38.9. The Kier molecular flexibility index (Phi) is 8.14. The summed E-state index contributed by atoms with van der Waals surface area (Å²) in [5.41, 5.74) is 18.5. The summed E-state index contributed by atoms with van der Waals surface area (Å²) >= 11 is 0. The first-order valence-corrected chi connectivity index (χ1v) is 24.7. The summed E-state index contributed by atoms with van der Waals surface area (Å²) < 4.78 is 4.73. The van der Waals surface area contributed by atoms with E-state index in [1.165, 1.54) is 98.5 Å². The van der Waals surface area contributed by atoms with Crippen LogP contribution in [0, 0.1) is 0 Å². The molecule has 15 aromatic rings. The Bertz CT molecular complexity index is 4780. The molecule has 0 fully saturated rings. The second-order valence-electron chi connectivity index (χ2n) is 19.2. The van der Waals surface area contributed by atoms with Crippen molar-refractivity contribution in [1.82, 2.24) is 19.1 Å². The maximum Gasteiger partial charge on any atom is 0.235 e. The van der Waals surface area contributed by atoms with Crippen molar-refractivity contribution in [3.63, 3.8) is 0 Å². The van der Waals surface area contributed by atoms with E-state index in [0.29, 0.717) is 5.95 Å². The molecule has 0 aliphatic heterocycles. The van der Waals surface area contributed by atoms with Gasteiger partial charge in [-0.3, -0.25) is 4.57 Å². The van der Waals surface area contributed by atoms with Crippen LogP contribution in [0.4, 0.5) is 0 Å². The van der Waals surface area contributed by atoms with E-state index in [1.54, 1.807) is 0 Å². The maximum atomic E-state index is 5.52. The first-order valence-electron chi connectivity index (χ1n) is 24.7. The summed E-state index contributed by atoms with van der Waals surface area (Å²) in [6.07, 6.45) is 0. The van der Waals surface area contributed by atoms with Crippen molar-refractivity contribution in [1.29, 1.82) is 0 Å². The fraction of sp³-hybridized carbons (Fsp3) is 0. The minimum absolute atomic E-state index is 0.644. The summed E-state index contributed by atoms with van der Waals surface area (Å²) in [6.45, 7) is 0. The number of rotatable bonds is 5. The lowest BCUT2D eigenvalue weighted by Crippen LogP contribution is -2.03. The highest BCUT2D eigenvalue weighted by Gasteiger charge is 2.26. The van der Waals surface area contributed by atoms with Gasteiger partial charge in [0.2, 0.25) is 5.95 Å². The Morgan fingerprint density at radius 2 is 0.806 bits per heavy atom. The Hall–Kier alpha value is -9.64. The second-order valence-corrected chi connectivity index (χ2v) is 19.2. The molecular formula is C68H40N4. The van der Waals surface area contributed by atoms with E-state index in [-0.39, 0.29) is 0 Å². The van der Waals surface area contributed by atoms with Crippen LogP contribution in [-0.2, 0) is 0 Å². The molecule has 12 aromatic carbocycles. The Morgan fingerprint density at radius 3 is 1.60 bits per heavy atom. The van der Waals surface area contributed by atoms with Gasteiger partial charge in [-0.15, -0.1) is 0 Å². The number of hydrogen-bond donors (Lipinski definition) is 0. The van der Waals surface area contributed by atoms with E-state index in [1.807, 2.05) is 0 Å². The van der Waals surface area contributed by atoms with Crippen molar-refractivity contribution >= 4 is 86.8 Å². The highest BCUT2D eigenvalue weighted by Crippen LogP contribution is 2.51. The lowest BCUT2D eigenvalue weighted by Gasteiger charge is -2.13. The summed E-state index contributed by atoms with van der Waals surface area (Å²) in [7, 11) is 0. The number of benzene rings is 12. The third-order valence-electron chi connectivity index (χ3n) is 15.4. The summed E-state index contributed by atoms with van der Waals surface area (Å²) in [5.74, 6) is 0.644. The number of fused-ring (bicyclic) bond motifs is 14. The molecule has 0 spiro atoms. The highest BCUT2D eigenvalue weighted by atomic mass is 15.2. The molecule has 0 N–H and O–H groups in total. The molecular weight excluding hydrogens is 873 g/mol. The maximum absolute atomic E-state index is 5.52. The normalized spacial score (nSPS) is 12.2. The smallest absolute Gasteiger partial charge is 0.235 e. The van der Waals surface area contributed by atoms with E-state index in [9.17, 15) is 0 Å². The Balaban J connectivity index is 0.904. The van der Waals surface area contributed by atoms with Crippen LogP contribution in [0.3, 0.4) is 0 Å². The molecule has 0 bridgehead atoms. The molecule has 0 saturated carbocycles. The van der Waals surface area contributed by atoms with E-state index in [0.717, 1.165) is 49.8 Å². The van der Waals surface area contributed by atoms with E-state index >= 15 is 0 Å². The minimum Gasteiger partial charge on any atom is -0.309 e. The van der Waals surface area contributed by atoms with Gasteiger partial charge in [-0.05, 0) is 131 Å². The van der Waals surface area contributed by atoms with Gasteiger partial charge >= 0.3 is 0 Å². The van der Waals surface area contributed by atoms with Gasteiger partial charge in [-0.1, -0.05) is 188 Å². The van der Waals surface area contributed by atoms with Crippen LogP contribution >= 0.6 is 0 Å². The van der Waals surface area contributed by atoms with Crippen LogP contribution < -0.4 is 0 Å². The quantitative estimate of drug-likeness (QED) is 0.172. The number of hydrogen-bond acceptors (Lipinski definition) is 2. The van der Waals surface area contributed by atoms with Crippen LogP contribution in [0.25, 0.3) is 154 Å². The predicted octanol–water partition coefficient (Wildman–Crippen LogP) is 17.9. The van der Waals surface area contributed by atoms with Gasteiger partial charge in [-0.25, -0.2) is 9.97 Å². The average molecular weight is 913 g/mol. The molecule has 0 saturated heterocycles. The zero-order valence-corrected chi connectivity index (χ0v) is 38.9.